The minimum Gasteiger partial charge on any atom is -0.352 e. The molecule has 0 saturated carbocycles. The fourth-order valence-corrected chi connectivity index (χ4v) is 5.63. The third kappa shape index (κ3) is 4.87. The standard InChI is InChI=1S/C23H30N2O3S/c1-16-5-7-21(18(3)13-16)15-24-23(26)20-9-11-25(12-10-20)29(27,28)22-8-6-17(2)14-19(22)4/h5-8,13-14,20H,9-12,15H2,1-4H3,(H,24,26). The van der Waals surface area contributed by atoms with Crippen LogP contribution in [0.2, 0.25) is 0 Å². The molecule has 2 aromatic carbocycles. The van der Waals surface area contributed by atoms with Gasteiger partial charge in [0.1, 0.15) is 0 Å². The van der Waals surface area contributed by atoms with Gasteiger partial charge in [0.25, 0.3) is 0 Å². The first-order valence-electron chi connectivity index (χ1n) is 10.1. The molecule has 156 valence electrons. The van der Waals surface area contributed by atoms with Crippen LogP contribution in [0.5, 0.6) is 0 Å². The Balaban J connectivity index is 1.58. The van der Waals surface area contributed by atoms with Crippen LogP contribution in [-0.2, 0) is 21.4 Å². The van der Waals surface area contributed by atoms with E-state index in [2.05, 4.69) is 18.3 Å². The van der Waals surface area contributed by atoms with Crippen molar-refractivity contribution in [2.75, 3.05) is 13.1 Å². The van der Waals surface area contributed by atoms with E-state index in [1.807, 2.05) is 45.0 Å². The number of sulfonamides is 1. The maximum absolute atomic E-state index is 13.0. The van der Waals surface area contributed by atoms with E-state index in [0.717, 1.165) is 16.7 Å². The number of rotatable bonds is 5. The van der Waals surface area contributed by atoms with E-state index < -0.39 is 10.0 Å². The molecule has 0 unspecified atom stereocenters. The Labute approximate surface area is 174 Å². The molecule has 1 aliphatic heterocycles. The van der Waals surface area contributed by atoms with Gasteiger partial charge < -0.3 is 5.32 Å². The molecule has 1 amide bonds. The number of carbonyl (C=O) groups excluding carboxylic acids is 1. The van der Waals surface area contributed by atoms with Crippen molar-refractivity contribution < 1.29 is 13.2 Å². The van der Waals surface area contributed by atoms with Crippen LogP contribution in [0.15, 0.2) is 41.3 Å². The van der Waals surface area contributed by atoms with E-state index in [1.54, 1.807) is 6.07 Å². The predicted octanol–water partition coefficient (Wildman–Crippen LogP) is 3.64. The Bertz CT molecular complexity index is 1010. The van der Waals surface area contributed by atoms with Crippen LogP contribution in [0.3, 0.4) is 0 Å². The number of hydrogen-bond donors (Lipinski definition) is 1. The van der Waals surface area contributed by atoms with Crippen molar-refractivity contribution in [1.82, 2.24) is 9.62 Å². The number of amides is 1. The van der Waals surface area contributed by atoms with Crippen LogP contribution in [0.4, 0.5) is 0 Å². The molecule has 5 nitrogen and oxygen atoms in total. The third-order valence-electron chi connectivity index (χ3n) is 5.72. The summed E-state index contributed by atoms with van der Waals surface area (Å²) in [6.45, 7) is 9.12. The van der Waals surface area contributed by atoms with Gasteiger partial charge in [0.05, 0.1) is 4.90 Å². The van der Waals surface area contributed by atoms with Crippen molar-refractivity contribution in [3.05, 3.63) is 64.2 Å². The average molecular weight is 415 g/mol. The molecule has 0 bridgehead atoms. The highest BCUT2D eigenvalue weighted by Crippen LogP contribution is 2.26. The molecule has 1 aliphatic rings. The molecule has 6 heteroatoms. The SMILES string of the molecule is Cc1ccc(CNC(=O)C2CCN(S(=O)(=O)c3ccc(C)cc3C)CC2)c(C)c1. The molecule has 1 saturated heterocycles. The fraction of sp³-hybridized carbons (Fsp3) is 0.435. The molecule has 0 radical (unpaired) electrons. The van der Waals surface area contributed by atoms with Gasteiger partial charge in [-0.1, -0.05) is 41.5 Å². The molecule has 3 rings (SSSR count). The van der Waals surface area contributed by atoms with Crippen molar-refractivity contribution in [2.24, 2.45) is 5.92 Å². The van der Waals surface area contributed by atoms with Crippen molar-refractivity contribution in [2.45, 2.75) is 52.0 Å². The number of piperidine rings is 1. The summed E-state index contributed by atoms with van der Waals surface area (Å²) in [6, 6.07) is 11.6. The highest BCUT2D eigenvalue weighted by molar-refractivity contribution is 7.89. The van der Waals surface area contributed by atoms with Crippen molar-refractivity contribution in [3.63, 3.8) is 0 Å². The van der Waals surface area contributed by atoms with Crippen molar-refractivity contribution in [3.8, 4) is 0 Å². The summed E-state index contributed by atoms with van der Waals surface area (Å²) in [4.78, 5) is 13.0. The molecule has 1 fully saturated rings. The van der Waals surface area contributed by atoms with Crippen molar-refractivity contribution >= 4 is 15.9 Å². The minimum absolute atomic E-state index is 0.00791. The molecular weight excluding hydrogens is 384 g/mol. The first-order valence-corrected chi connectivity index (χ1v) is 11.5. The lowest BCUT2D eigenvalue weighted by Crippen LogP contribution is -2.43. The maximum atomic E-state index is 13.0. The summed E-state index contributed by atoms with van der Waals surface area (Å²) in [5.74, 6) is -0.139. The highest BCUT2D eigenvalue weighted by Gasteiger charge is 2.32. The van der Waals surface area contributed by atoms with Gasteiger partial charge in [-0.2, -0.15) is 4.31 Å². The second-order valence-corrected chi connectivity index (χ2v) is 10.0. The van der Waals surface area contributed by atoms with Gasteiger partial charge in [0, 0.05) is 25.6 Å². The number of aryl methyl sites for hydroxylation is 4. The first kappa shape index (κ1) is 21.5. The van der Waals surface area contributed by atoms with Gasteiger partial charge in [0.15, 0.2) is 0 Å². The number of nitrogens with zero attached hydrogens (tertiary/aromatic N) is 1. The molecule has 1 N–H and O–H groups in total. The molecule has 29 heavy (non-hydrogen) atoms. The van der Waals surface area contributed by atoms with Gasteiger partial charge in [-0.3, -0.25) is 4.79 Å². The quantitative estimate of drug-likeness (QED) is 0.812. The topological polar surface area (TPSA) is 66.5 Å². The van der Waals surface area contributed by atoms with Gasteiger partial charge in [0.2, 0.25) is 15.9 Å². The zero-order valence-electron chi connectivity index (χ0n) is 17.7. The van der Waals surface area contributed by atoms with E-state index >= 15 is 0 Å². The number of benzene rings is 2. The fourth-order valence-electron chi connectivity index (χ4n) is 3.96. The summed E-state index contributed by atoms with van der Waals surface area (Å²) in [7, 11) is -3.52. The molecule has 1 heterocycles. The zero-order valence-corrected chi connectivity index (χ0v) is 18.5. The molecule has 0 aromatic heterocycles. The van der Waals surface area contributed by atoms with E-state index in [-0.39, 0.29) is 11.8 Å². The molecule has 2 aromatic rings. The summed E-state index contributed by atoms with van der Waals surface area (Å²) in [6.07, 6.45) is 1.09. The summed E-state index contributed by atoms with van der Waals surface area (Å²) < 4.78 is 27.5. The second kappa shape index (κ2) is 8.67. The van der Waals surface area contributed by atoms with E-state index in [4.69, 9.17) is 0 Å². The van der Waals surface area contributed by atoms with Crippen LogP contribution in [-0.4, -0.2) is 31.7 Å². The summed E-state index contributed by atoms with van der Waals surface area (Å²) >= 11 is 0. The van der Waals surface area contributed by atoms with Crippen LogP contribution < -0.4 is 5.32 Å². The van der Waals surface area contributed by atoms with E-state index in [9.17, 15) is 13.2 Å². The Kier molecular flexibility index (Phi) is 6.44. The Morgan fingerprint density at radius 2 is 1.55 bits per heavy atom. The van der Waals surface area contributed by atoms with Crippen LogP contribution >= 0.6 is 0 Å². The number of hydrogen-bond acceptors (Lipinski definition) is 3. The summed E-state index contributed by atoms with van der Waals surface area (Å²) in [5, 5.41) is 3.02. The Morgan fingerprint density at radius 1 is 0.966 bits per heavy atom. The largest absolute Gasteiger partial charge is 0.352 e. The number of carbonyl (C=O) groups is 1. The monoisotopic (exact) mass is 414 g/mol. The van der Waals surface area contributed by atoms with E-state index in [1.165, 1.54) is 15.4 Å². The number of nitrogens with one attached hydrogen (secondary N) is 1. The first-order chi connectivity index (χ1) is 13.7. The molecular formula is C23H30N2O3S. The molecule has 0 atom stereocenters. The van der Waals surface area contributed by atoms with Gasteiger partial charge in [-0.05, 0) is 63.3 Å². The Hall–Kier alpha value is -2.18. The lowest BCUT2D eigenvalue weighted by molar-refractivity contribution is -0.126. The smallest absolute Gasteiger partial charge is 0.243 e. The molecule has 0 aliphatic carbocycles. The van der Waals surface area contributed by atoms with Crippen LogP contribution in [0.25, 0.3) is 0 Å². The predicted molar refractivity (Wildman–Crippen MR) is 115 cm³/mol. The van der Waals surface area contributed by atoms with Crippen molar-refractivity contribution in [1.29, 1.82) is 0 Å². The van der Waals surface area contributed by atoms with E-state index in [0.29, 0.717) is 37.4 Å². The van der Waals surface area contributed by atoms with Crippen LogP contribution in [0.1, 0.15) is 40.7 Å². The normalized spacial score (nSPS) is 16.0. The van der Waals surface area contributed by atoms with Gasteiger partial charge in [-0.25, -0.2) is 8.42 Å². The zero-order chi connectivity index (χ0) is 21.2. The summed E-state index contributed by atoms with van der Waals surface area (Å²) in [5.41, 5.74) is 5.28. The lowest BCUT2D eigenvalue weighted by Gasteiger charge is -2.31. The highest BCUT2D eigenvalue weighted by atomic mass is 32.2. The molecule has 0 spiro atoms. The lowest BCUT2D eigenvalue weighted by atomic mass is 9.97. The Morgan fingerprint density at radius 3 is 2.14 bits per heavy atom. The van der Waals surface area contributed by atoms with Gasteiger partial charge >= 0.3 is 0 Å². The third-order valence-corrected chi connectivity index (χ3v) is 7.78. The minimum atomic E-state index is -3.52. The maximum Gasteiger partial charge on any atom is 0.243 e. The second-order valence-electron chi connectivity index (χ2n) is 8.10. The van der Waals surface area contributed by atoms with Crippen LogP contribution in [0, 0.1) is 33.6 Å². The average Bonchev–Trinajstić information content (AvgIpc) is 2.67. The van der Waals surface area contributed by atoms with Gasteiger partial charge in [-0.15, -0.1) is 0 Å².